The van der Waals surface area contributed by atoms with Crippen molar-refractivity contribution in [2.75, 3.05) is 26.8 Å². The van der Waals surface area contributed by atoms with Crippen molar-refractivity contribution < 1.29 is 19.4 Å². The maximum atomic E-state index is 13.0. The predicted molar refractivity (Wildman–Crippen MR) is 120 cm³/mol. The molecule has 0 atom stereocenters. The van der Waals surface area contributed by atoms with Crippen LogP contribution in [0.2, 0.25) is 0 Å². The van der Waals surface area contributed by atoms with Crippen molar-refractivity contribution >= 4 is 12.0 Å². The van der Waals surface area contributed by atoms with Crippen LogP contribution in [-0.2, 0) is 9.53 Å². The molecule has 0 aromatic heterocycles. The molecule has 3 rings (SSSR count). The first-order valence-corrected chi connectivity index (χ1v) is 10.9. The number of nitrogens with zero attached hydrogens (tertiary/aromatic N) is 1. The molecule has 0 unspecified atom stereocenters. The van der Waals surface area contributed by atoms with E-state index in [9.17, 15) is 9.59 Å². The summed E-state index contributed by atoms with van der Waals surface area (Å²) >= 11 is 0. The second kappa shape index (κ2) is 11.5. The Hall–Kier alpha value is -2.86. The summed E-state index contributed by atoms with van der Waals surface area (Å²) in [7, 11) is 1.84. The average molecular weight is 425 g/mol. The molecule has 166 valence electrons. The van der Waals surface area contributed by atoms with Gasteiger partial charge in [-0.3, -0.25) is 0 Å². The molecule has 0 bridgehead atoms. The van der Waals surface area contributed by atoms with Gasteiger partial charge in [-0.05, 0) is 48.6 Å². The minimum atomic E-state index is -0.926. The lowest BCUT2D eigenvalue weighted by Crippen LogP contribution is -2.42. The summed E-state index contributed by atoms with van der Waals surface area (Å²) < 4.78 is 5.23. The minimum Gasteiger partial charge on any atom is -0.480 e. The largest absolute Gasteiger partial charge is 0.480 e. The number of benzene rings is 2. The lowest BCUT2D eigenvalue weighted by atomic mass is 9.82. The molecular weight excluding hydrogens is 392 g/mol. The van der Waals surface area contributed by atoms with E-state index in [1.54, 1.807) is 4.90 Å². The summed E-state index contributed by atoms with van der Waals surface area (Å²) in [4.78, 5) is 25.3. The molecule has 2 N–H and O–H groups in total. The summed E-state index contributed by atoms with van der Waals surface area (Å²) in [6.07, 6.45) is 4.05. The molecular formula is C25H32N2O4. The fourth-order valence-corrected chi connectivity index (χ4v) is 4.30. The van der Waals surface area contributed by atoms with Crippen LogP contribution in [0, 0.1) is 11.8 Å². The molecule has 1 aliphatic rings. The number of rotatable bonds is 9. The van der Waals surface area contributed by atoms with Crippen molar-refractivity contribution in [3.8, 4) is 0 Å². The number of carboxylic acid groups (broad SMARTS) is 1. The van der Waals surface area contributed by atoms with E-state index in [4.69, 9.17) is 9.84 Å². The molecule has 6 nitrogen and oxygen atoms in total. The number of hydrogen-bond acceptors (Lipinski definition) is 3. The SMILES string of the molecule is CN(C(=O)NCC1CCC(COCC(=O)O)CC1)C(c1ccccc1)c1ccccc1. The molecule has 1 saturated carbocycles. The topological polar surface area (TPSA) is 78.9 Å². The molecule has 6 heteroatoms. The van der Waals surface area contributed by atoms with E-state index < -0.39 is 5.97 Å². The lowest BCUT2D eigenvalue weighted by molar-refractivity contribution is -0.142. The number of nitrogens with one attached hydrogen (secondary N) is 1. The fraction of sp³-hybridized carbons (Fsp3) is 0.440. The number of hydrogen-bond donors (Lipinski definition) is 2. The molecule has 2 amide bonds. The van der Waals surface area contributed by atoms with E-state index in [-0.39, 0.29) is 18.7 Å². The Morgan fingerprint density at radius 3 is 2.00 bits per heavy atom. The van der Waals surface area contributed by atoms with Gasteiger partial charge in [0.1, 0.15) is 6.61 Å². The molecule has 2 aromatic rings. The number of urea groups is 1. The van der Waals surface area contributed by atoms with Gasteiger partial charge in [-0.15, -0.1) is 0 Å². The summed E-state index contributed by atoms with van der Waals surface area (Å²) in [6.45, 7) is 0.929. The van der Waals surface area contributed by atoms with Gasteiger partial charge >= 0.3 is 12.0 Å². The third kappa shape index (κ3) is 6.82. The van der Waals surface area contributed by atoms with Crippen LogP contribution in [0.25, 0.3) is 0 Å². The van der Waals surface area contributed by atoms with Crippen molar-refractivity contribution in [2.45, 2.75) is 31.7 Å². The number of carboxylic acids is 1. The zero-order chi connectivity index (χ0) is 22.1. The maximum absolute atomic E-state index is 13.0. The lowest BCUT2D eigenvalue weighted by Gasteiger charge is -2.31. The Kier molecular flexibility index (Phi) is 8.47. The summed E-state index contributed by atoms with van der Waals surface area (Å²) in [5.74, 6) is -0.0701. The van der Waals surface area contributed by atoms with Gasteiger partial charge in [0.15, 0.2) is 0 Å². The normalized spacial score (nSPS) is 18.5. The molecule has 0 heterocycles. The Morgan fingerprint density at radius 1 is 0.968 bits per heavy atom. The van der Waals surface area contributed by atoms with Crippen LogP contribution in [0.3, 0.4) is 0 Å². The zero-order valence-corrected chi connectivity index (χ0v) is 18.1. The number of carbonyl (C=O) groups is 2. The highest BCUT2D eigenvalue weighted by Crippen LogP contribution is 2.30. The molecule has 0 aliphatic heterocycles. The van der Waals surface area contributed by atoms with E-state index in [1.165, 1.54) is 0 Å². The molecule has 1 aliphatic carbocycles. The van der Waals surface area contributed by atoms with Crippen LogP contribution in [-0.4, -0.2) is 48.8 Å². The van der Waals surface area contributed by atoms with Crippen LogP contribution in [0.15, 0.2) is 60.7 Å². The molecule has 31 heavy (non-hydrogen) atoms. The number of ether oxygens (including phenoxy) is 1. The van der Waals surface area contributed by atoms with Crippen LogP contribution in [0.5, 0.6) is 0 Å². The van der Waals surface area contributed by atoms with E-state index in [0.717, 1.165) is 36.8 Å². The number of carbonyl (C=O) groups excluding carboxylic acids is 1. The third-order valence-corrected chi connectivity index (χ3v) is 6.03. The molecule has 1 fully saturated rings. The van der Waals surface area contributed by atoms with Gasteiger partial charge < -0.3 is 20.1 Å². The molecule has 0 spiro atoms. The minimum absolute atomic E-state index is 0.0791. The van der Waals surface area contributed by atoms with Gasteiger partial charge in [0.25, 0.3) is 0 Å². The van der Waals surface area contributed by atoms with Crippen molar-refractivity contribution in [1.82, 2.24) is 10.2 Å². The number of aliphatic carboxylic acids is 1. The maximum Gasteiger partial charge on any atom is 0.329 e. The van der Waals surface area contributed by atoms with Crippen molar-refractivity contribution in [2.24, 2.45) is 11.8 Å². The van der Waals surface area contributed by atoms with Crippen LogP contribution < -0.4 is 5.32 Å². The Bertz CT molecular complexity index is 780. The first kappa shape index (κ1) is 22.8. The summed E-state index contributed by atoms with van der Waals surface area (Å²) in [6, 6.07) is 19.9. The molecule has 0 saturated heterocycles. The number of amides is 2. The molecule has 2 aromatic carbocycles. The smallest absolute Gasteiger partial charge is 0.329 e. The van der Waals surface area contributed by atoms with E-state index in [2.05, 4.69) is 29.6 Å². The van der Waals surface area contributed by atoms with E-state index in [0.29, 0.717) is 25.0 Å². The van der Waals surface area contributed by atoms with Crippen molar-refractivity contribution in [3.63, 3.8) is 0 Å². The highest BCUT2D eigenvalue weighted by atomic mass is 16.5. The van der Waals surface area contributed by atoms with Gasteiger partial charge in [-0.2, -0.15) is 0 Å². The van der Waals surface area contributed by atoms with Crippen LogP contribution in [0.4, 0.5) is 4.79 Å². The van der Waals surface area contributed by atoms with Gasteiger partial charge in [0.2, 0.25) is 0 Å². The van der Waals surface area contributed by atoms with E-state index in [1.807, 2.05) is 43.4 Å². The van der Waals surface area contributed by atoms with Crippen LogP contribution in [0.1, 0.15) is 42.9 Å². The standard InChI is InChI=1S/C25H32N2O4/c1-27(24(21-8-4-2-5-9-21)22-10-6-3-7-11-22)25(30)26-16-19-12-14-20(15-13-19)17-31-18-23(28)29/h2-11,19-20,24H,12-18H2,1H3,(H,26,30)(H,28,29). The summed E-state index contributed by atoms with van der Waals surface area (Å²) in [5.41, 5.74) is 2.15. The van der Waals surface area contributed by atoms with Crippen LogP contribution >= 0.6 is 0 Å². The monoisotopic (exact) mass is 424 g/mol. The predicted octanol–water partition coefficient (Wildman–Crippen LogP) is 4.33. The van der Waals surface area contributed by atoms with Gasteiger partial charge in [-0.1, -0.05) is 60.7 Å². The second-order valence-electron chi connectivity index (χ2n) is 8.32. The average Bonchev–Trinajstić information content (AvgIpc) is 2.79. The summed E-state index contributed by atoms with van der Waals surface area (Å²) in [5, 5.41) is 11.8. The van der Waals surface area contributed by atoms with Crippen molar-refractivity contribution in [1.29, 1.82) is 0 Å². The second-order valence-corrected chi connectivity index (χ2v) is 8.32. The quantitative estimate of drug-likeness (QED) is 0.628. The first-order valence-electron chi connectivity index (χ1n) is 10.9. The Labute approximate surface area is 184 Å². The van der Waals surface area contributed by atoms with Gasteiger partial charge in [0.05, 0.1) is 12.6 Å². The Balaban J connectivity index is 1.52. The highest BCUT2D eigenvalue weighted by molar-refractivity contribution is 5.75. The van der Waals surface area contributed by atoms with Gasteiger partial charge in [0, 0.05) is 13.6 Å². The van der Waals surface area contributed by atoms with Crippen molar-refractivity contribution in [3.05, 3.63) is 71.8 Å². The van der Waals surface area contributed by atoms with E-state index >= 15 is 0 Å². The Morgan fingerprint density at radius 2 is 1.48 bits per heavy atom. The highest BCUT2D eigenvalue weighted by Gasteiger charge is 2.25. The third-order valence-electron chi connectivity index (χ3n) is 6.03. The zero-order valence-electron chi connectivity index (χ0n) is 18.1. The first-order chi connectivity index (χ1) is 15.0. The fourth-order valence-electron chi connectivity index (χ4n) is 4.30. The van der Waals surface area contributed by atoms with Gasteiger partial charge in [-0.25, -0.2) is 9.59 Å². The molecule has 0 radical (unpaired) electrons.